The number of rotatable bonds is 2. The highest BCUT2D eigenvalue weighted by molar-refractivity contribution is 5.88. The molecule has 3 aromatic heterocycles. The zero-order chi connectivity index (χ0) is 20.2. The van der Waals surface area contributed by atoms with Gasteiger partial charge in [-0.25, -0.2) is 9.97 Å². The first-order valence-electron chi connectivity index (χ1n) is 8.59. The van der Waals surface area contributed by atoms with E-state index in [1.165, 1.54) is 7.11 Å². The predicted molar refractivity (Wildman–Crippen MR) is 99.5 cm³/mol. The third-order valence-corrected chi connectivity index (χ3v) is 4.76. The van der Waals surface area contributed by atoms with Crippen molar-refractivity contribution in [2.75, 3.05) is 7.11 Å². The first kappa shape index (κ1) is 18.2. The highest BCUT2D eigenvalue weighted by Crippen LogP contribution is 2.38. The Labute approximate surface area is 158 Å². The third kappa shape index (κ3) is 2.67. The maximum Gasteiger partial charge on any atom is 0.416 e. The summed E-state index contributed by atoms with van der Waals surface area (Å²) in [6, 6.07) is 5.69. The average molecular weight is 386 g/mol. The van der Waals surface area contributed by atoms with Crippen molar-refractivity contribution in [1.29, 1.82) is 0 Å². The molecule has 0 radical (unpaired) electrons. The lowest BCUT2D eigenvalue weighted by molar-refractivity contribution is -0.137. The van der Waals surface area contributed by atoms with Gasteiger partial charge in [-0.1, -0.05) is 0 Å². The maximum atomic E-state index is 13.5. The van der Waals surface area contributed by atoms with Crippen LogP contribution in [0.15, 0.2) is 30.5 Å². The molecule has 3 heterocycles. The van der Waals surface area contributed by atoms with Gasteiger partial charge in [-0.05, 0) is 45.0 Å². The number of ether oxygens (including phenoxy) is 1. The van der Waals surface area contributed by atoms with E-state index in [0.717, 1.165) is 23.4 Å². The standard InChI is InChI=1S/C20H17F3N4O/c1-10-14(6-5-7-24-10)19-26-12(3)18-11(2)25-17-15(27(18)19)8-13(20(21,22)23)9-16(17)28-4/h5-9H,1-4H3. The Kier molecular flexibility index (Phi) is 4.02. The van der Waals surface area contributed by atoms with E-state index in [9.17, 15) is 13.2 Å². The fraction of sp³-hybridized carbons (Fsp3) is 0.250. The molecule has 0 unspecified atom stereocenters. The van der Waals surface area contributed by atoms with Gasteiger partial charge in [0, 0.05) is 17.5 Å². The summed E-state index contributed by atoms with van der Waals surface area (Å²) in [4.78, 5) is 13.5. The zero-order valence-electron chi connectivity index (χ0n) is 15.7. The molecule has 4 rings (SSSR count). The highest BCUT2D eigenvalue weighted by Gasteiger charge is 2.33. The van der Waals surface area contributed by atoms with Crippen LogP contribution in [-0.2, 0) is 6.18 Å². The van der Waals surface area contributed by atoms with Gasteiger partial charge < -0.3 is 4.74 Å². The molecule has 0 aliphatic heterocycles. The minimum absolute atomic E-state index is 0.0648. The highest BCUT2D eigenvalue weighted by atomic mass is 19.4. The average Bonchev–Trinajstić information content (AvgIpc) is 2.99. The molecule has 0 N–H and O–H groups in total. The molecule has 0 amide bonds. The Balaban J connectivity index is 2.24. The van der Waals surface area contributed by atoms with Crippen LogP contribution in [0.3, 0.4) is 0 Å². The molecule has 0 atom stereocenters. The molecule has 0 bridgehead atoms. The van der Waals surface area contributed by atoms with Gasteiger partial charge in [0.2, 0.25) is 0 Å². The quantitative estimate of drug-likeness (QED) is 0.492. The van der Waals surface area contributed by atoms with Gasteiger partial charge in [-0.3, -0.25) is 9.38 Å². The van der Waals surface area contributed by atoms with E-state index in [4.69, 9.17) is 4.74 Å². The minimum Gasteiger partial charge on any atom is -0.494 e. The Morgan fingerprint density at radius 3 is 2.36 bits per heavy atom. The molecule has 144 valence electrons. The second-order valence-electron chi connectivity index (χ2n) is 6.58. The molecule has 0 aliphatic carbocycles. The van der Waals surface area contributed by atoms with Crippen molar-refractivity contribution in [2.45, 2.75) is 26.9 Å². The lowest BCUT2D eigenvalue weighted by Gasteiger charge is -2.15. The van der Waals surface area contributed by atoms with Crippen LogP contribution < -0.4 is 4.74 Å². The van der Waals surface area contributed by atoms with Crippen LogP contribution in [0.5, 0.6) is 5.75 Å². The van der Waals surface area contributed by atoms with Crippen LogP contribution in [-0.4, -0.2) is 26.5 Å². The van der Waals surface area contributed by atoms with Crippen molar-refractivity contribution in [3.63, 3.8) is 0 Å². The van der Waals surface area contributed by atoms with Crippen LogP contribution in [0.2, 0.25) is 0 Å². The number of pyridine rings is 1. The Morgan fingerprint density at radius 1 is 1.00 bits per heavy atom. The Hall–Kier alpha value is -3.16. The lowest BCUT2D eigenvalue weighted by Crippen LogP contribution is -2.08. The molecule has 0 aliphatic rings. The van der Waals surface area contributed by atoms with Crippen molar-refractivity contribution in [1.82, 2.24) is 19.4 Å². The number of halogens is 3. The smallest absolute Gasteiger partial charge is 0.416 e. The summed E-state index contributed by atoms with van der Waals surface area (Å²) in [7, 11) is 1.33. The molecular weight excluding hydrogens is 369 g/mol. The molecule has 0 saturated heterocycles. The van der Waals surface area contributed by atoms with Crippen LogP contribution in [0.1, 0.15) is 22.6 Å². The van der Waals surface area contributed by atoms with E-state index in [-0.39, 0.29) is 11.3 Å². The number of methoxy groups -OCH3 is 1. The number of hydrogen-bond donors (Lipinski definition) is 0. The number of hydrogen-bond acceptors (Lipinski definition) is 4. The second kappa shape index (κ2) is 6.19. The molecule has 5 nitrogen and oxygen atoms in total. The summed E-state index contributed by atoms with van der Waals surface area (Å²) in [6.45, 7) is 5.46. The van der Waals surface area contributed by atoms with Crippen molar-refractivity contribution in [3.8, 4) is 17.1 Å². The largest absolute Gasteiger partial charge is 0.494 e. The maximum absolute atomic E-state index is 13.5. The van der Waals surface area contributed by atoms with Gasteiger partial charge in [0.15, 0.2) is 0 Å². The molecule has 8 heteroatoms. The predicted octanol–water partition coefficient (Wildman–Crippen LogP) is 4.90. The molecule has 0 saturated carbocycles. The summed E-state index contributed by atoms with van der Waals surface area (Å²) in [6.07, 6.45) is -2.85. The van der Waals surface area contributed by atoms with Crippen molar-refractivity contribution in [2.24, 2.45) is 0 Å². The monoisotopic (exact) mass is 386 g/mol. The number of aromatic nitrogens is 4. The first-order chi connectivity index (χ1) is 13.2. The molecule has 0 spiro atoms. The summed E-state index contributed by atoms with van der Waals surface area (Å²) in [5.41, 5.74) is 3.32. The lowest BCUT2D eigenvalue weighted by atomic mass is 10.1. The fourth-order valence-corrected chi connectivity index (χ4v) is 3.50. The zero-order valence-corrected chi connectivity index (χ0v) is 15.7. The van der Waals surface area contributed by atoms with Crippen LogP contribution in [0, 0.1) is 20.8 Å². The number of nitrogens with zero attached hydrogens (tertiary/aromatic N) is 4. The number of fused-ring (bicyclic) bond motifs is 3. The number of alkyl halides is 3. The van der Waals surface area contributed by atoms with Crippen molar-refractivity contribution < 1.29 is 17.9 Å². The van der Waals surface area contributed by atoms with E-state index >= 15 is 0 Å². The van der Waals surface area contributed by atoms with Gasteiger partial charge in [-0.15, -0.1) is 0 Å². The Bertz CT molecular complexity index is 1230. The van der Waals surface area contributed by atoms with E-state index in [0.29, 0.717) is 28.2 Å². The summed E-state index contributed by atoms with van der Waals surface area (Å²) >= 11 is 0. The van der Waals surface area contributed by atoms with E-state index in [1.54, 1.807) is 23.6 Å². The van der Waals surface area contributed by atoms with Gasteiger partial charge >= 0.3 is 6.18 Å². The second-order valence-corrected chi connectivity index (χ2v) is 6.58. The van der Waals surface area contributed by atoms with E-state index in [1.807, 2.05) is 19.9 Å². The minimum atomic E-state index is -4.52. The van der Waals surface area contributed by atoms with Gasteiger partial charge in [0.1, 0.15) is 17.1 Å². The summed E-state index contributed by atoms with van der Waals surface area (Å²) < 4.78 is 47.4. The molecule has 4 aromatic rings. The topological polar surface area (TPSA) is 52.3 Å². The third-order valence-electron chi connectivity index (χ3n) is 4.76. The van der Waals surface area contributed by atoms with Crippen LogP contribution >= 0.6 is 0 Å². The summed E-state index contributed by atoms with van der Waals surface area (Å²) in [5.74, 6) is 0.588. The van der Waals surface area contributed by atoms with Crippen LogP contribution in [0.25, 0.3) is 27.9 Å². The van der Waals surface area contributed by atoms with Crippen molar-refractivity contribution in [3.05, 3.63) is 53.1 Å². The van der Waals surface area contributed by atoms with Crippen LogP contribution in [0.4, 0.5) is 13.2 Å². The normalized spacial score (nSPS) is 12.1. The molecule has 1 aromatic carbocycles. The summed E-state index contributed by atoms with van der Waals surface area (Å²) in [5, 5.41) is 0. The fourth-order valence-electron chi connectivity index (χ4n) is 3.50. The van der Waals surface area contributed by atoms with Gasteiger partial charge in [0.25, 0.3) is 0 Å². The van der Waals surface area contributed by atoms with E-state index in [2.05, 4.69) is 15.0 Å². The van der Waals surface area contributed by atoms with Gasteiger partial charge in [0.05, 0.1) is 35.1 Å². The molecule has 28 heavy (non-hydrogen) atoms. The van der Waals surface area contributed by atoms with Crippen molar-refractivity contribution >= 4 is 16.6 Å². The SMILES string of the molecule is COc1cc(C(F)(F)F)cc2c1nc(C)c1c(C)nc(-c3cccnc3C)n12. The van der Waals surface area contributed by atoms with Gasteiger partial charge in [-0.2, -0.15) is 13.2 Å². The van der Waals surface area contributed by atoms with E-state index < -0.39 is 11.7 Å². The number of aryl methyl sites for hydroxylation is 3. The number of imidazole rings is 1. The molecular formula is C20H17F3N4O. The first-order valence-corrected chi connectivity index (χ1v) is 8.59. The molecule has 0 fully saturated rings. The number of benzene rings is 1. The Morgan fingerprint density at radius 2 is 1.71 bits per heavy atom.